The Morgan fingerprint density at radius 2 is 2.21 bits per heavy atom. The fourth-order valence-electron chi connectivity index (χ4n) is 1.24. The SMILES string of the molecule is Nc1ccc2c([N+](=O)[O-])c(F)sc2c1. The minimum Gasteiger partial charge on any atom is -0.399 e. The number of halogens is 1. The molecule has 2 N–H and O–H groups in total. The first kappa shape index (κ1) is 8.89. The van der Waals surface area contributed by atoms with Gasteiger partial charge in [0, 0.05) is 10.4 Å². The maximum Gasteiger partial charge on any atom is 0.323 e. The summed E-state index contributed by atoms with van der Waals surface area (Å²) < 4.78 is 13.6. The fraction of sp³-hybridized carbons (Fsp3) is 0. The van der Waals surface area contributed by atoms with Crippen molar-refractivity contribution < 1.29 is 9.31 Å². The number of nitrogens with two attached hydrogens (primary N) is 1. The minimum absolute atomic E-state index is 0.298. The first-order valence-electron chi connectivity index (χ1n) is 3.71. The molecule has 0 amide bonds. The van der Waals surface area contributed by atoms with Crippen LogP contribution in [0.1, 0.15) is 0 Å². The Hall–Kier alpha value is -1.69. The molecule has 0 bridgehead atoms. The molecule has 0 fully saturated rings. The summed E-state index contributed by atoms with van der Waals surface area (Å²) in [7, 11) is 0. The molecule has 1 heterocycles. The summed E-state index contributed by atoms with van der Waals surface area (Å²) in [5.41, 5.74) is 5.47. The molecule has 1 aromatic heterocycles. The van der Waals surface area contributed by atoms with E-state index in [0.29, 0.717) is 15.8 Å². The third-order valence-corrected chi connectivity index (χ3v) is 2.76. The molecule has 0 spiro atoms. The maximum atomic E-state index is 13.1. The largest absolute Gasteiger partial charge is 0.399 e. The van der Waals surface area contributed by atoms with Gasteiger partial charge in [-0.05, 0) is 18.2 Å². The molecule has 0 saturated carbocycles. The van der Waals surface area contributed by atoms with Gasteiger partial charge in [-0.3, -0.25) is 10.1 Å². The summed E-state index contributed by atoms with van der Waals surface area (Å²) in [5.74, 6) is 0. The number of hydrogen-bond donors (Lipinski definition) is 1. The highest BCUT2D eigenvalue weighted by Crippen LogP contribution is 2.36. The molecule has 0 aliphatic heterocycles. The Morgan fingerprint density at radius 3 is 2.86 bits per heavy atom. The molecule has 72 valence electrons. The van der Waals surface area contributed by atoms with Gasteiger partial charge in [0.25, 0.3) is 5.13 Å². The van der Waals surface area contributed by atoms with E-state index in [1.807, 2.05) is 0 Å². The van der Waals surface area contributed by atoms with E-state index >= 15 is 0 Å². The highest BCUT2D eigenvalue weighted by atomic mass is 32.1. The van der Waals surface area contributed by atoms with Gasteiger partial charge in [-0.15, -0.1) is 0 Å². The molecule has 4 nitrogen and oxygen atoms in total. The quantitative estimate of drug-likeness (QED) is 0.448. The number of anilines is 1. The van der Waals surface area contributed by atoms with Crippen molar-refractivity contribution in [2.45, 2.75) is 0 Å². The van der Waals surface area contributed by atoms with Crippen LogP contribution in [0.15, 0.2) is 18.2 Å². The van der Waals surface area contributed by atoms with Gasteiger partial charge < -0.3 is 5.73 Å². The molecule has 0 atom stereocenters. The van der Waals surface area contributed by atoms with E-state index in [4.69, 9.17) is 5.73 Å². The lowest BCUT2D eigenvalue weighted by Gasteiger charge is -1.91. The van der Waals surface area contributed by atoms with Gasteiger partial charge in [0.15, 0.2) is 0 Å². The molecular formula is C8H5FN2O2S. The first-order valence-corrected chi connectivity index (χ1v) is 4.53. The number of nitrogen functional groups attached to an aromatic ring is 1. The zero-order chi connectivity index (χ0) is 10.3. The lowest BCUT2D eigenvalue weighted by atomic mass is 10.2. The zero-order valence-electron chi connectivity index (χ0n) is 6.86. The van der Waals surface area contributed by atoms with Crippen LogP contribution in [-0.4, -0.2) is 4.92 Å². The smallest absolute Gasteiger partial charge is 0.323 e. The van der Waals surface area contributed by atoms with E-state index in [0.717, 1.165) is 11.3 Å². The third-order valence-electron chi connectivity index (χ3n) is 1.83. The van der Waals surface area contributed by atoms with E-state index in [9.17, 15) is 14.5 Å². The molecule has 0 aliphatic carbocycles. The van der Waals surface area contributed by atoms with Crippen LogP contribution in [0.2, 0.25) is 0 Å². The summed E-state index contributed by atoms with van der Waals surface area (Å²) in [6.07, 6.45) is 0. The second-order valence-electron chi connectivity index (χ2n) is 2.74. The van der Waals surface area contributed by atoms with Crippen LogP contribution in [0.4, 0.5) is 15.8 Å². The monoisotopic (exact) mass is 212 g/mol. The maximum absolute atomic E-state index is 13.1. The van der Waals surface area contributed by atoms with E-state index in [1.54, 1.807) is 0 Å². The zero-order valence-corrected chi connectivity index (χ0v) is 7.68. The second-order valence-corrected chi connectivity index (χ2v) is 3.74. The van der Waals surface area contributed by atoms with Crippen molar-refractivity contribution in [1.82, 2.24) is 0 Å². The molecule has 0 saturated heterocycles. The number of rotatable bonds is 1. The number of hydrogen-bond acceptors (Lipinski definition) is 4. The first-order chi connectivity index (χ1) is 6.59. The van der Waals surface area contributed by atoms with E-state index in [-0.39, 0.29) is 0 Å². The lowest BCUT2D eigenvalue weighted by Crippen LogP contribution is -1.88. The molecule has 1 aromatic carbocycles. The van der Waals surface area contributed by atoms with Crippen LogP contribution in [0.5, 0.6) is 0 Å². The second kappa shape index (κ2) is 2.91. The average Bonchev–Trinajstić information content (AvgIpc) is 2.39. The lowest BCUT2D eigenvalue weighted by molar-refractivity contribution is -0.385. The average molecular weight is 212 g/mol. The molecule has 0 unspecified atom stereocenters. The van der Waals surface area contributed by atoms with Gasteiger partial charge in [-0.2, -0.15) is 4.39 Å². The highest BCUT2D eigenvalue weighted by Gasteiger charge is 2.22. The van der Waals surface area contributed by atoms with Gasteiger partial charge in [0.1, 0.15) is 0 Å². The number of nitro groups is 1. The molecule has 14 heavy (non-hydrogen) atoms. The summed E-state index contributed by atoms with van der Waals surface area (Å²) in [5, 5.41) is 10.0. The van der Waals surface area contributed by atoms with Crippen LogP contribution >= 0.6 is 11.3 Å². The Balaban J connectivity index is 2.84. The van der Waals surface area contributed by atoms with Crippen molar-refractivity contribution in [1.29, 1.82) is 0 Å². The van der Waals surface area contributed by atoms with Gasteiger partial charge in [-0.1, -0.05) is 11.3 Å². The molecule has 0 aliphatic rings. The molecule has 2 rings (SSSR count). The Bertz CT molecular complexity index is 523. The Labute approximate surface area is 81.9 Å². The van der Waals surface area contributed by atoms with Gasteiger partial charge in [0.05, 0.1) is 10.3 Å². The van der Waals surface area contributed by atoms with Crippen molar-refractivity contribution in [3.05, 3.63) is 33.4 Å². The summed E-state index contributed by atoms with van der Waals surface area (Å²) in [6.45, 7) is 0. The summed E-state index contributed by atoms with van der Waals surface area (Å²) in [4.78, 5) is 9.80. The van der Waals surface area contributed by atoms with Crippen molar-refractivity contribution in [2.75, 3.05) is 5.73 Å². The number of fused-ring (bicyclic) bond motifs is 1. The van der Waals surface area contributed by atoms with E-state index in [2.05, 4.69) is 0 Å². The van der Waals surface area contributed by atoms with Gasteiger partial charge >= 0.3 is 5.69 Å². The van der Waals surface area contributed by atoms with Crippen molar-refractivity contribution in [3.8, 4) is 0 Å². The van der Waals surface area contributed by atoms with Crippen LogP contribution in [-0.2, 0) is 0 Å². The summed E-state index contributed by atoms with van der Waals surface area (Å²) in [6, 6.07) is 4.50. The number of nitrogens with zero attached hydrogens (tertiary/aromatic N) is 1. The Kier molecular flexibility index (Phi) is 1.85. The predicted molar refractivity (Wildman–Crippen MR) is 52.8 cm³/mol. The topological polar surface area (TPSA) is 69.2 Å². The highest BCUT2D eigenvalue weighted by molar-refractivity contribution is 7.18. The number of thiophene rings is 1. The van der Waals surface area contributed by atoms with Crippen molar-refractivity contribution in [2.24, 2.45) is 0 Å². The van der Waals surface area contributed by atoms with Crippen LogP contribution in [0, 0.1) is 15.2 Å². The van der Waals surface area contributed by atoms with E-state index in [1.165, 1.54) is 18.2 Å². The molecular weight excluding hydrogens is 207 g/mol. The summed E-state index contributed by atoms with van der Waals surface area (Å²) >= 11 is 0.733. The number of benzene rings is 1. The predicted octanol–water partition coefficient (Wildman–Crippen LogP) is 2.53. The van der Waals surface area contributed by atoms with Crippen molar-refractivity contribution in [3.63, 3.8) is 0 Å². The van der Waals surface area contributed by atoms with Crippen LogP contribution in [0.3, 0.4) is 0 Å². The molecule has 2 aromatic rings. The van der Waals surface area contributed by atoms with E-state index < -0.39 is 15.7 Å². The third kappa shape index (κ3) is 1.20. The molecule has 0 radical (unpaired) electrons. The van der Waals surface area contributed by atoms with Crippen LogP contribution in [0.25, 0.3) is 10.1 Å². The molecule has 6 heteroatoms. The minimum atomic E-state index is -0.782. The fourth-order valence-corrected chi connectivity index (χ4v) is 2.18. The standard InChI is InChI=1S/C8H5FN2O2S/c9-8-7(11(12)13)5-2-1-4(10)3-6(5)14-8/h1-3H,10H2. The Morgan fingerprint density at radius 1 is 1.50 bits per heavy atom. The van der Waals surface area contributed by atoms with Crippen LogP contribution < -0.4 is 5.73 Å². The van der Waals surface area contributed by atoms with Gasteiger partial charge in [0.2, 0.25) is 0 Å². The van der Waals surface area contributed by atoms with Crippen molar-refractivity contribution >= 4 is 32.8 Å². The van der Waals surface area contributed by atoms with Gasteiger partial charge in [-0.25, -0.2) is 0 Å². The normalized spacial score (nSPS) is 10.6.